The zero-order chi connectivity index (χ0) is 12.3. The lowest BCUT2D eigenvalue weighted by molar-refractivity contribution is 0.558. The van der Waals surface area contributed by atoms with Crippen molar-refractivity contribution in [2.45, 2.75) is 18.5 Å². The van der Waals surface area contributed by atoms with Gasteiger partial charge in [0.05, 0.1) is 25.3 Å². The van der Waals surface area contributed by atoms with Crippen LogP contribution in [-0.2, 0) is 16.6 Å². The fraction of sp³-hybridized carbons (Fsp3) is 0.333. The summed E-state index contributed by atoms with van der Waals surface area (Å²) in [6.07, 6.45) is 6.17. The monoisotopic (exact) mass is 255 g/mol. The number of nitrogens with zero attached hydrogens (tertiary/aromatic N) is 3. The van der Waals surface area contributed by atoms with Crippen molar-refractivity contribution in [1.82, 2.24) is 24.5 Å². The Morgan fingerprint density at radius 3 is 2.88 bits per heavy atom. The van der Waals surface area contributed by atoms with Gasteiger partial charge in [-0.05, 0) is 12.5 Å². The first-order chi connectivity index (χ1) is 8.08. The molecule has 92 valence electrons. The number of sulfonamides is 1. The van der Waals surface area contributed by atoms with Gasteiger partial charge in [0.2, 0.25) is 0 Å². The van der Waals surface area contributed by atoms with Crippen molar-refractivity contribution in [3.8, 4) is 0 Å². The van der Waals surface area contributed by atoms with Crippen LogP contribution in [0.2, 0.25) is 0 Å². The summed E-state index contributed by atoms with van der Waals surface area (Å²) >= 11 is 0. The fourth-order valence-corrected chi connectivity index (χ4v) is 2.27. The maximum absolute atomic E-state index is 11.7. The van der Waals surface area contributed by atoms with E-state index in [0.717, 1.165) is 5.56 Å². The molecule has 8 heteroatoms. The van der Waals surface area contributed by atoms with Crippen molar-refractivity contribution < 1.29 is 8.42 Å². The molecule has 0 aliphatic heterocycles. The molecule has 2 aromatic heterocycles. The van der Waals surface area contributed by atoms with E-state index in [0.29, 0.717) is 6.54 Å². The first-order valence-corrected chi connectivity index (χ1v) is 6.53. The van der Waals surface area contributed by atoms with E-state index in [1.54, 1.807) is 10.9 Å². The van der Waals surface area contributed by atoms with Crippen LogP contribution in [0.3, 0.4) is 0 Å². The van der Waals surface area contributed by atoms with E-state index < -0.39 is 10.0 Å². The van der Waals surface area contributed by atoms with Crippen LogP contribution in [0.1, 0.15) is 5.56 Å². The number of aromatic amines is 1. The number of nitrogens with one attached hydrogen (secondary N) is 2. The summed E-state index contributed by atoms with van der Waals surface area (Å²) in [5.74, 6) is 0. The number of rotatable bonds is 5. The first-order valence-electron chi connectivity index (χ1n) is 5.05. The van der Waals surface area contributed by atoms with Crippen molar-refractivity contribution in [2.24, 2.45) is 0 Å². The second kappa shape index (κ2) is 4.68. The molecular formula is C9H13N5O2S. The Bertz CT molecular complexity index is 572. The summed E-state index contributed by atoms with van der Waals surface area (Å²) in [5, 5.41) is 4.12. The standard InChI is InChI=1S/C9H13N5O2S/c1-8-4-12-14(6-8)3-2-13-17(15,16)9-5-10-7-11-9/h4-7,13H,2-3H2,1H3,(H,10,11). The molecule has 0 aliphatic carbocycles. The highest BCUT2D eigenvalue weighted by Gasteiger charge is 2.14. The van der Waals surface area contributed by atoms with Gasteiger partial charge in [-0.15, -0.1) is 0 Å². The molecule has 2 rings (SSSR count). The maximum Gasteiger partial charge on any atom is 0.257 e. The highest BCUT2D eigenvalue weighted by atomic mass is 32.2. The van der Waals surface area contributed by atoms with Gasteiger partial charge in [0.15, 0.2) is 5.03 Å². The van der Waals surface area contributed by atoms with Gasteiger partial charge in [0.1, 0.15) is 0 Å². The predicted octanol–water partition coefficient (Wildman–Crippen LogP) is -0.107. The number of H-pyrrole nitrogens is 1. The minimum absolute atomic E-state index is 0.0640. The van der Waals surface area contributed by atoms with Crippen molar-refractivity contribution in [3.05, 3.63) is 30.5 Å². The smallest absolute Gasteiger partial charge is 0.257 e. The number of aryl methyl sites for hydroxylation is 1. The quantitative estimate of drug-likeness (QED) is 0.780. The number of hydrogen-bond acceptors (Lipinski definition) is 4. The molecule has 2 aromatic rings. The zero-order valence-electron chi connectivity index (χ0n) is 9.29. The number of hydrogen-bond donors (Lipinski definition) is 2. The predicted molar refractivity (Wildman–Crippen MR) is 60.7 cm³/mol. The van der Waals surface area contributed by atoms with Crippen LogP contribution in [0, 0.1) is 6.92 Å². The van der Waals surface area contributed by atoms with Crippen molar-refractivity contribution in [1.29, 1.82) is 0 Å². The molecule has 0 spiro atoms. The van der Waals surface area contributed by atoms with Crippen LogP contribution >= 0.6 is 0 Å². The molecule has 0 atom stereocenters. The van der Waals surface area contributed by atoms with E-state index in [4.69, 9.17) is 0 Å². The molecule has 7 nitrogen and oxygen atoms in total. The maximum atomic E-state index is 11.7. The first kappa shape index (κ1) is 11.8. The van der Waals surface area contributed by atoms with E-state index in [9.17, 15) is 8.42 Å². The second-order valence-electron chi connectivity index (χ2n) is 3.59. The van der Waals surface area contributed by atoms with E-state index in [1.165, 1.54) is 12.5 Å². The Hall–Kier alpha value is -1.67. The lowest BCUT2D eigenvalue weighted by atomic mass is 10.4. The van der Waals surface area contributed by atoms with E-state index >= 15 is 0 Å². The van der Waals surface area contributed by atoms with Crippen LogP contribution in [0.5, 0.6) is 0 Å². The van der Waals surface area contributed by atoms with E-state index in [-0.39, 0.29) is 11.6 Å². The summed E-state index contributed by atoms with van der Waals surface area (Å²) in [4.78, 5) is 6.21. The number of imidazole rings is 1. The highest BCUT2D eigenvalue weighted by molar-refractivity contribution is 7.89. The van der Waals surface area contributed by atoms with Crippen LogP contribution in [-0.4, -0.2) is 34.7 Å². The molecule has 17 heavy (non-hydrogen) atoms. The Morgan fingerprint density at radius 1 is 1.47 bits per heavy atom. The number of aromatic nitrogens is 4. The largest absolute Gasteiger partial charge is 0.335 e. The molecule has 0 fully saturated rings. The average molecular weight is 255 g/mol. The Labute approximate surface area is 98.9 Å². The molecule has 0 amide bonds. The molecule has 0 bridgehead atoms. The summed E-state index contributed by atoms with van der Waals surface area (Å²) < 4.78 is 27.5. The van der Waals surface area contributed by atoms with Crippen LogP contribution in [0.25, 0.3) is 0 Å². The molecule has 2 heterocycles. The summed E-state index contributed by atoms with van der Waals surface area (Å²) in [6.45, 7) is 2.70. The molecule has 0 saturated heterocycles. The Balaban J connectivity index is 1.91. The Kier molecular flexibility index (Phi) is 3.25. The summed E-state index contributed by atoms with van der Waals surface area (Å²) in [7, 11) is -3.49. The molecule has 0 unspecified atom stereocenters. The third kappa shape index (κ3) is 2.92. The van der Waals surface area contributed by atoms with Gasteiger partial charge >= 0.3 is 0 Å². The molecule has 0 aromatic carbocycles. The second-order valence-corrected chi connectivity index (χ2v) is 5.33. The van der Waals surface area contributed by atoms with Gasteiger partial charge in [0.25, 0.3) is 10.0 Å². The normalized spacial score (nSPS) is 11.8. The molecule has 0 aliphatic rings. The average Bonchev–Trinajstić information content (AvgIpc) is 2.89. The lowest BCUT2D eigenvalue weighted by Gasteiger charge is -2.04. The highest BCUT2D eigenvalue weighted by Crippen LogP contribution is 2.01. The van der Waals surface area contributed by atoms with E-state index in [1.807, 2.05) is 13.1 Å². The molecule has 2 N–H and O–H groups in total. The van der Waals surface area contributed by atoms with Crippen LogP contribution in [0.15, 0.2) is 29.9 Å². The SMILES string of the molecule is Cc1cnn(CCNS(=O)(=O)c2cnc[nH]2)c1. The van der Waals surface area contributed by atoms with Crippen LogP contribution in [0.4, 0.5) is 0 Å². The van der Waals surface area contributed by atoms with Crippen molar-refractivity contribution >= 4 is 10.0 Å². The van der Waals surface area contributed by atoms with Gasteiger partial charge in [-0.1, -0.05) is 0 Å². The fourth-order valence-electron chi connectivity index (χ4n) is 1.35. The third-order valence-corrected chi connectivity index (χ3v) is 3.54. The van der Waals surface area contributed by atoms with Crippen molar-refractivity contribution in [2.75, 3.05) is 6.54 Å². The molecule has 0 radical (unpaired) electrons. The van der Waals surface area contributed by atoms with E-state index in [2.05, 4.69) is 19.8 Å². The van der Waals surface area contributed by atoms with Crippen LogP contribution < -0.4 is 4.72 Å². The minimum Gasteiger partial charge on any atom is -0.335 e. The van der Waals surface area contributed by atoms with Gasteiger partial charge in [-0.2, -0.15) is 5.10 Å². The lowest BCUT2D eigenvalue weighted by Crippen LogP contribution is -2.27. The third-order valence-electron chi connectivity index (χ3n) is 2.16. The van der Waals surface area contributed by atoms with Crippen molar-refractivity contribution in [3.63, 3.8) is 0 Å². The molecular weight excluding hydrogens is 242 g/mol. The summed E-state index contributed by atoms with van der Waals surface area (Å²) in [5.41, 5.74) is 1.04. The Morgan fingerprint density at radius 2 is 2.29 bits per heavy atom. The van der Waals surface area contributed by atoms with Gasteiger partial charge in [0, 0.05) is 12.7 Å². The zero-order valence-corrected chi connectivity index (χ0v) is 10.1. The minimum atomic E-state index is -3.49. The summed E-state index contributed by atoms with van der Waals surface area (Å²) in [6, 6.07) is 0. The van der Waals surface area contributed by atoms with Gasteiger partial charge < -0.3 is 4.98 Å². The molecule has 0 saturated carbocycles. The topological polar surface area (TPSA) is 92.7 Å². The van der Waals surface area contributed by atoms with Gasteiger partial charge in [-0.25, -0.2) is 18.1 Å². The van der Waals surface area contributed by atoms with Gasteiger partial charge in [-0.3, -0.25) is 4.68 Å².